The van der Waals surface area contributed by atoms with E-state index in [-0.39, 0.29) is 5.69 Å². The second-order valence-electron chi connectivity index (χ2n) is 5.92. The Morgan fingerprint density at radius 2 is 1.76 bits per heavy atom. The van der Waals surface area contributed by atoms with E-state index < -0.39 is 17.6 Å². The molecule has 2 nitrogen and oxygen atoms in total. The Morgan fingerprint density at radius 1 is 1.12 bits per heavy atom. The van der Waals surface area contributed by atoms with Crippen molar-refractivity contribution in [1.29, 1.82) is 0 Å². The number of nitrogens with zero attached hydrogens (tertiary/aromatic N) is 2. The summed E-state index contributed by atoms with van der Waals surface area (Å²) in [6, 6.07) is 7.96. The third kappa shape index (κ3) is 5.05. The Labute approximate surface area is 144 Å². The minimum Gasteiger partial charge on any atom is -0.366 e. The van der Waals surface area contributed by atoms with Crippen molar-refractivity contribution in [1.82, 2.24) is 4.90 Å². The molecule has 2 rings (SSSR count). The molecule has 0 aliphatic heterocycles. The van der Waals surface area contributed by atoms with Crippen LogP contribution in [0.2, 0.25) is 0 Å². The first-order valence-corrected chi connectivity index (χ1v) is 7.90. The third-order valence-electron chi connectivity index (χ3n) is 3.97. The number of aryl methyl sites for hydroxylation is 1. The fraction of sp³-hybridized carbons (Fsp3) is 0.316. The Balaban J connectivity index is 2.20. The van der Waals surface area contributed by atoms with E-state index in [4.69, 9.17) is 0 Å². The van der Waals surface area contributed by atoms with Gasteiger partial charge in [0.1, 0.15) is 11.5 Å². The number of hydrogen-bond donors (Lipinski definition) is 0. The quantitative estimate of drug-likeness (QED) is 0.402. The molecule has 0 saturated heterocycles. The average Bonchev–Trinajstić information content (AvgIpc) is 2.56. The van der Waals surface area contributed by atoms with Gasteiger partial charge in [0, 0.05) is 13.6 Å². The van der Waals surface area contributed by atoms with Crippen LogP contribution in [0.5, 0.6) is 0 Å². The molecule has 25 heavy (non-hydrogen) atoms. The summed E-state index contributed by atoms with van der Waals surface area (Å²) < 4.78 is 52.0. The zero-order chi connectivity index (χ0) is 18.6. The highest BCUT2D eigenvalue weighted by molar-refractivity contribution is 5.62. The second kappa shape index (κ2) is 7.68. The van der Waals surface area contributed by atoms with Crippen molar-refractivity contribution in [2.45, 2.75) is 26.4 Å². The summed E-state index contributed by atoms with van der Waals surface area (Å²) in [5.74, 6) is -0.451. The van der Waals surface area contributed by atoms with Crippen molar-refractivity contribution in [2.75, 3.05) is 13.6 Å². The highest BCUT2D eigenvalue weighted by Gasteiger charge is 2.29. The molecule has 0 unspecified atom stereocenters. The summed E-state index contributed by atoms with van der Waals surface area (Å²) in [7, 11) is 1.84. The maximum absolute atomic E-state index is 14.2. The van der Waals surface area contributed by atoms with Crippen LogP contribution in [0.1, 0.15) is 29.2 Å². The zero-order valence-electron chi connectivity index (χ0n) is 14.4. The minimum atomic E-state index is -4.36. The van der Waals surface area contributed by atoms with Crippen LogP contribution in [0.4, 0.5) is 23.2 Å². The topological polar surface area (TPSA) is 15.6 Å². The van der Waals surface area contributed by atoms with Crippen molar-refractivity contribution >= 4 is 12.0 Å². The number of alkyl halides is 3. The first-order valence-electron chi connectivity index (χ1n) is 7.90. The molecule has 6 heteroatoms. The largest absolute Gasteiger partial charge is 0.416 e. The molecule has 0 N–H and O–H groups in total. The predicted molar refractivity (Wildman–Crippen MR) is 91.8 cm³/mol. The van der Waals surface area contributed by atoms with Crippen LogP contribution in [0.15, 0.2) is 41.4 Å². The van der Waals surface area contributed by atoms with Gasteiger partial charge in [-0.25, -0.2) is 9.38 Å². The molecular formula is C19H20F4N2. The molecule has 0 aliphatic carbocycles. The molecule has 2 aromatic carbocycles. The summed E-state index contributed by atoms with van der Waals surface area (Å²) in [4.78, 5) is 5.95. The Hall–Kier alpha value is -2.37. The van der Waals surface area contributed by atoms with E-state index in [0.29, 0.717) is 12.0 Å². The van der Waals surface area contributed by atoms with Crippen LogP contribution in [-0.2, 0) is 12.6 Å². The van der Waals surface area contributed by atoms with Crippen LogP contribution in [0.25, 0.3) is 0 Å². The van der Waals surface area contributed by atoms with Gasteiger partial charge in [0.25, 0.3) is 0 Å². The molecule has 0 aliphatic rings. The van der Waals surface area contributed by atoms with Gasteiger partial charge >= 0.3 is 6.18 Å². The lowest BCUT2D eigenvalue weighted by Gasteiger charge is -2.11. The molecule has 0 amide bonds. The number of rotatable bonds is 5. The smallest absolute Gasteiger partial charge is 0.366 e. The maximum Gasteiger partial charge on any atom is 0.416 e. The Morgan fingerprint density at radius 3 is 2.32 bits per heavy atom. The molecule has 0 spiro atoms. The highest BCUT2D eigenvalue weighted by Crippen LogP contribution is 2.30. The minimum absolute atomic E-state index is 0.244. The van der Waals surface area contributed by atoms with E-state index >= 15 is 0 Å². The van der Waals surface area contributed by atoms with Crippen molar-refractivity contribution in [2.24, 2.45) is 4.99 Å². The van der Waals surface area contributed by atoms with E-state index in [2.05, 4.69) is 4.99 Å². The monoisotopic (exact) mass is 352 g/mol. The van der Waals surface area contributed by atoms with E-state index in [1.165, 1.54) is 18.2 Å². The molecule has 134 valence electrons. The van der Waals surface area contributed by atoms with Gasteiger partial charge in [-0.05, 0) is 61.2 Å². The number of aliphatic imine (C=N–C) groups is 1. The van der Waals surface area contributed by atoms with Gasteiger partial charge in [0.2, 0.25) is 0 Å². The Kier molecular flexibility index (Phi) is 5.82. The van der Waals surface area contributed by atoms with E-state index in [9.17, 15) is 17.6 Å². The van der Waals surface area contributed by atoms with Gasteiger partial charge in [-0.1, -0.05) is 12.1 Å². The SMILES string of the molecule is CCN(C)C=Nc1cc(C)c(Cc2ccc(C(F)(F)F)cc2)cc1F. The third-order valence-corrected chi connectivity index (χ3v) is 3.97. The van der Waals surface area contributed by atoms with Crippen molar-refractivity contribution in [3.05, 3.63) is 64.5 Å². The molecule has 0 heterocycles. The lowest BCUT2D eigenvalue weighted by molar-refractivity contribution is -0.137. The standard InChI is InChI=1S/C19H20F4N2/c1-4-25(3)12-24-18-9-13(2)15(11-17(18)20)10-14-5-7-16(8-6-14)19(21,22)23/h5-9,11-12H,4,10H2,1-3H3. The van der Waals surface area contributed by atoms with Gasteiger partial charge in [-0.2, -0.15) is 13.2 Å². The summed E-state index contributed by atoms with van der Waals surface area (Å²) in [6.45, 7) is 4.55. The molecule has 0 fully saturated rings. The predicted octanol–water partition coefficient (Wildman–Crippen LogP) is 5.36. The summed E-state index contributed by atoms with van der Waals surface area (Å²) in [5.41, 5.74) is 1.81. The second-order valence-corrected chi connectivity index (χ2v) is 5.92. The normalized spacial score (nSPS) is 12.0. The first kappa shape index (κ1) is 19.0. The van der Waals surface area contributed by atoms with Crippen molar-refractivity contribution in [3.63, 3.8) is 0 Å². The van der Waals surface area contributed by atoms with Crippen LogP contribution in [0, 0.1) is 12.7 Å². The first-order chi connectivity index (χ1) is 11.7. The lowest BCUT2D eigenvalue weighted by Crippen LogP contribution is -2.14. The highest BCUT2D eigenvalue weighted by atomic mass is 19.4. The number of hydrogen-bond acceptors (Lipinski definition) is 1. The molecule has 0 aromatic heterocycles. The van der Waals surface area contributed by atoms with E-state index in [0.717, 1.165) is 29.8 Å². The van der Waals surface area contributed by atoms with Crippen molar-refractivity contribution < 1.29 is 17.6 Å². The molecule has 0 radical (unpaired) electrons. The molecular weight excluding hydrogens is 332 g/mol. The van der Waals surface area contributed by atoms with E-state index in [1.54, 1.807) is 12.4 Å². The number of halogens is 4. The van der Waals surface area contributed by atoms with Crippen LogP contribution >= 0.6 is 0 Å². The average molecular weight is 352 g/mol. The summed E-state index contributed by atoms with van der Waals surface area (Å²) >= 11 is 0. The van der Waals surface area contributed by atoms with E-state index in [1.807, 2.05) is 25.8 Å². The zero-order valence-corrected chi connectivity index (χ0v) is 14.4. The van der Waals surface area contributed by atoms with Crippen molar-refractivity contribution in [3.8, 4) is 0 Å². The van der Waals surface area contributed by atoms with Crippen LogP contribution in [-0.4, -0.2) is 24.8 Å². The van der Waals surface area contributed by atoms with Gasteiger partial charge in [0.05, 0.1) is 11.9 Å². The van der Waals surface area contributed by atoms with Crippen LogP contribution in [0.3, 0.4) is 0 Å². The van der Waals surface area contributed by atoms with Crippen LogP contribution < -0.4 is 0 Å². The fourth-order valence-electron chi connectivity index (χ4n) is 2.27. The summed E-state index contributed by atoms with van der Waals surface area (Å²) in [5, 5.41) is 0. The molecule has 0 saturated carbocycles. The van der Waals surface area contributed by atoms with Gasteiger partial charge in [0.15, 0.2) is 0 Å². The molecule has 0 atom stereocenters. The molecule has 0 bridgehead atoms. The summed E-state index contributed by atoms with van der Waals surface area (Å²) in [6.07, 6.45) is -2.43. The van der Waals surface area contributed by atoms with Gasteiger partial charge in [-0.3, -0.25) is 0 Å². The Bertz CT molecular complexity index is 749. The maximum atomic E-state index is 14.2. The number of benzene rings is 2. The fourth-order valence-corrected chi connectivity index (χ4v) is 2.27. The lowest BCUT2D eigenvalue weighted by atomic mass is 9.99. The van der Waals surface area contributed by atoms with Gasteiger partial charge < -0.3 is 4.90 Å². The van der Waals surface area contributed by atoms with Gasteiger partial charge in [-0.15, -0.1) is 0 Å². The molecule has 2 aromatic rings.